The Morgan fingerprint density at radius 2 is 1.39 bits per heavy atom. The number of benzene rings is 3. The summed E-state index contributed by atoms with van der Waals surface area (Å²) >= 11 is 0. The molecule has 0 fully saturated rings. The van der Waals surface area contributed by atoms with E-state index in [1.54, 1.807) is 24.3 Å². The Bertz CT molecular complexity index is 1290. The molecule has 3 aromatic rings. The van der Waals surface area contributed by atoms with Crippen molar-refractivity contribution in [1.82, 2.24) is 9.21 Å². The average Bonchev–Trinajstić information content (AvgIpc) is 3.05. The van der Waals surface area contributed by atoms with Crippen LogP contribution in [0, 0.1) is 0 Å². The van der Waals surface area contributed by atoms with Gasteiger partial charge in [0.15, 0.2) is 0 Å². The monoisotopic (exact) mass is 463 g/mol. The third kappa shape index (κ3) is 4.55. The molecule has 4 rings (SSSR count). The number of anilines is 1. The van der Waals surface area contributed by atoms with Gasteiger partial charge in [0.1, 0.15) is 6.54 Å². The lowest BCUT2D eigenvalue weighted by Crippen LogP contribution is -2.37. The number of hydrogen-bond donors (Lipinski definition) is 1. The molecular weight excluding hydrogens is 442 g/mol. The fraction of sp³-hybridized carbons (Fsp3) is 0.125. The molecule has 0 unspecified atom stereocenters. The first-order valence-corrected chi connectivity index (χ1v) is 11.6. The second-order valence-corrected chi connectivity index (χ2v) is 9.61. The maximum Gasteiger partial charge on any atom is 0.262 e. The van der Waals surface area contributed by atoms with Crippen molar-refractivity contribution in [1.29, 1.82) is 0 Å². The molecule has 33 heavy (non-hydrogen) atoms. The minimum Gasteiger partial charge on any atom is -0.325 e. The number of carbonyl (C=O) groups excluding carboxylic acids is 3. The Morgan fingerprint density at radius 1 is 0.848 bits per heavy atom. The third-order valence-corrected chi connectivity index (χ3v) is 7.09. The van der Waals surface area contributed by atoms with Crippen molar-refractivity contribution in [2.75, 3.05) is 18.9 Å². The zero-order valence-electron chi connectivity index (χ0n) is 17.8. The van der Waals surface area contributed by atoms with Crippen LogP contribution in [0.2, 0.25) is 0 Å². The maximum atomic E-state index is 12.8. The molecule has 0 bridgehead atoms. The van der Waals surface area contributed by atoms with E-state index in [9.17, 15) is 22.8 Å². The summed E-state index contributed by atoms with van der Waals surface area (Å²) in [6.07, 6.45) is 0. The minimum atomic E-state index is -3.72. The van der Waals surface area contributed by atoms with Crippen molar-refractivity contribution in [2.24, 2.45) is 0 Å². The normalized spacial score (nSPS) is 13.3. The number of carbonyl (C=O) groups is 3. The van der Waals surface area contributed by atoms with Crippen LogP contribution >= 0.6 is 0 Å². The van der Waals surface area contributed by atoms with Crippen molar-refractivity contribution in [3.8, 4) is 0 Å². The number of imide groups is 1. The Kier molecular flexibility index (Phi) is 6.08. The molecule has 0 atom stereocenters. The molecule has 0 radical (unpaired) electrons. The summed E-state index contributed by atoms with van der Waals surface area (Å²) in [6.45, 7) is -0.214. The van der Waals surface area contributed by atoms with Crippen LogP contribution in [0.3, 0.4) is 0 Å². The predicted octanol–water partition coefficient (Wildman–Crippen LogP) is 2.74. The number of amides is 3. The Labute approximate surface area is 191 Å². The van der Waals surface area contributed by atoms with Gasteiger partial charge in [-0.1, -0.05) is 42.5 Å². The van der Waals surface area contributed by atoms with E-state index in [0.29, 0.717) is 5.69 Å². The lowest BCUT2D eigenvalue weighted by Gasteiger charge is -2.18. The smallest absolute Gasteiger partial charge is 0.262 e. The van der Waals surface area contributed by atoms with Crippen LogP contribution in [-0.4, -0.2) is 48.9 Å². The number of nitrogens with zero attached hydrogens (tertiary/aromatic N) is 2. The van der Waals surface area contributed by atoms with Gasteiger partial charge in [-0.15, -0.1) is 0 Å². The van der Waals surface area contributed by atoms with Gasteiger partial charge in [-0.05, 0) is 42.0 Å². The van der Waals surface area contributed by atoms with Gasteiger partial charge in [0.2, 0.25) is 15.9 Å². The average molecular weight is 464 g/mol. The first kappa shape index (κ1) is 22.4. The highest BCUT2D eigenvalue weighted by molar-refractivity contribution is 7.89. The molecule has 3 aromatic carbocycles. The van der Waals surface area contributed by atoms with Crippen molar-refractivity contribution < 1.29 is 22.8 Å². The number of fused-ring (bicyclic) bond motifs is 1. The summed E-state index contributed by atoms with van der Waals surface area (Å²) in [7, 11) is -2.22. The summed E-state index contributed by atoms with van der Waals surface area (Å²) in [6, 6.07) is 21.3. The molecule has 0 spiro atoms. The zero-order chi connectivity index (χ0) is 23.6. The minimum absolute atomic E-state index is 0.0827. The maximum absolute atomic E-state index is 12.8. The van der Waals surface area contributed by atoms with Gasteiger partial charge >= 0.3 is 0 Å². The molecule has 0 aromatic heterocycles. The summed E-state index contributed by atoms with van der Waals surface area (Å²) in [5.74, 6) is -1.61. The summed E-state index contributed by atoms with van der Waals surface area (Å²) in [5.41, 5.74) is 1.75. The highest BCUT2D eigenvalue weighted by Crippen LogP contribution is 2.23. The molecule has 1 aliphatic rings. The molecule has 0 aliphatic carbocycles. The van der Waals surface area contributed by atoms with Crippen LogP contribution in [0.5, 0.6) is 0 Å². The topological polar surface area (TPSA) is 104 Å². The summed E-state index contributed by atoms with van der Waals surface area (Å²) < 4.78 is 26.9. The van der Waals surface area contributed by atoms with Gasteiger partial charge < -0.3 is 5.32 Å². The van der Waals surface area contributed by atoms with Crippen molar-refractivity contribution in [3.63, 3.8) is 0 Å². The van der Waals surface area contributed by atoms with E-state index < -0.39 is 34.3 Å². The number of rotatable bonds is 7. The summed E-state index contributed by atoms with van der Waals surface area (Å²) in [5, 5.41) is 2.59. The molecule has 3 amide bonds. The molecule has 1 aliphatic heterocycles. The van der Waals surface area contributed by atoms with E-state index in [-0.39, 0.29) is 22.6 Å². The van der Waals surface area contributed by atoms with Crippen LogP contribution in [0.15, 0.2) is 83.8 Å². The van der Waals surface area contributed by atoms with Gasteiger partial charge in [-0.3, -0.25) is 19.3 Å². The van der Waals surface area contributed by atoms with Crippen molar-refractivity contribution >= 4 is 33.4 Å². The van der Waals surface area contributed by atoms with Gasteiger partial charge in [0.05, 0.1) is 16.0 Å². The first-order valence-electron chi connectivity index (χ1n) is 10.1. The van der Waals surface area contributed by atoms with Crippen LogP contribution in [0.1, 0.15) is 26.3 Å². The van der Waals surface area contributed by atoms with Crippen molar-refractivity contribution in [3.05, 3.63) is 95.6 Å². The van der Waals surface area contributed by atoms with Crippen LogP contribution < -0.4 is 5.32 Å². The van der Waals surface area contributed by atoms with E-state index in [2.05, 4.69) is 5.32 Å². The molecule has 168 valence electrons. The molecule has 1 N–H and O–H groups in total. The fourth-order valence-electron chi connectivity index (χ4n) is 3.54. The van der Waals surface area contributed by atoms with Gasteiger partial charge in [0, 0.05) is 19.3 Å². The number of sulfonamides is 1. The van der Waals surface area contributed by atoms with Gasteiger partial charge in [-0.2, -0.15) is 4.31 Å². The lowest BCUT2D eigenvalue weighted by molar-refractivity contribution is -0.116. The molecule has 8 nitrogen and oxygen atoms in total. The highest BCUT2D eigenvalue weighted by atomic mass is 32.2. The zero-order valence-corrected chi connectivity index (χ0v) is 18.6. The number of hydrogen-bond acceptors (Lipinski definition) is 5. The quantitative estimate of drug-likeness (QED) is 0.543. The highest BCUT2D eigenvalue weighted by Gasteiger charge is 2.36. The predicted molar refractivity (Wildman–Crippen MR) is 122 cm³/mol. The fourth-order valence-corrected chi connectivity index (χ4v) is 4.70. The van der Waals surface area contributed by atoms with Gasteiger partial charge in [0.25, 0.3) is 11.8 Å². The molecular formula is C24H21N3O5S. The SMILES string of the molecule is CN(Cc1ccccc1)S(=O)(=O)c1ccc(NC(=O)CN2C(=O)c3ccccc3C2=O)cc1. The Balaban J connectivity index is 1.40. The Hall–Kier alpha value is -3.82. The summed E-state index contributed by atoms with van der Waals surface area (Å²) in [4.78, 5) is 38.2. The van der Waals surface area contributed by atoms with Gasteiger partial charge in [-0.25, -0.2) is 8.42 Å². The van der Waals surface area contributed by atoms with E-state index in [0.717, 1.165) is 10.5 Å². The standard InChI is InChI=1S/C24H21N3O5S/c1-26(15-17-7-3-2-4-8-17)33(31,32)19-13-11-18(12-14-19)25-22(28)16-27-23(29)20-9-5-6-10-21(20)24(27)30/h2-14H,15-16H2,1H3,(H,25,28). The second-order valence-electron chi connectivity index (χ2n) is 7.56. The van der Waals surface area contributed by atoms with E-state index in [1.165, 1.54) is 35.6 Å². The second kappa shape index (κ2) is 8.97. The van der Waals surface area contributed by atoms with Crippen LogP contribution in [-0.2, 0) is 21.4 Å². The number of nitrogens with one attached hydrogen (secondary N) is 1. The largest absolute Gasteiger partial charge is 0.325 e. The van der Waals surface area contributed by atoms with Crippen molar-refractivity contribution in [2.45, 2.75) is 11.4 Å². The van der Waals surface area contributed by atoms with E-state index in [4.69, 9.17) is 0 Å². The van der Waals surface area contributed by atoms with Crippen LogP contribution in [0.25, 0.3) is 0 Å². The Morgan fingerprint density at radius 3 is 1.97 bits per heavy atom. The lowest BCUT2D eigenvalue weighted by atomic mass is 10.1. The van der Waals surface area contributed by atoms with Crippen LogP contribution in [0.4, 0.5) is 5.69 Å². The third-order valence-electron chi connectivity index (χ3n) is 5.27. The molecule has 0 saturated carbocycles. The molecule has 9 heteroatoms. The van der Waals surface area contributed by atoms with E-state index >= 15 is 0 Å². The van der Waals surface area contributed by atoms with E-state index in [1.807, 2.05) is 30.3 Å². The molecule has 1 heterocycles. The first-order chi connectivity index (χ1) is 15.8. The molecule has 0 saturated heterocycles.